The van der Waals surface area contributed by atoms with Crippen molar-refractivity contribution < 1.29 is 4.79 Å². The molecule has 1 fully saturated rings. The SMILES string of the molecule is CNCCC1CCN(C(=O)c2cc3c(C)nn(C)c3nc2C)CC1.Cl.Cl. The third kappa shape index (κ3) is 4.48. The molecule has 6 nitrogen and oxygen atoms in total. The molecule has 3 heterocycles. The second-order valence-corrected chi connectivity index (χ2v) is 6.83. The van der Waals surface area contributed by atoms with Crippen LogP contribution in [0.4, 0.5) is 0 Å². The van der Waals surface area contributed by atoms with Crippen LogP contribution < -0.4 is 5.32 Å². The third-order valence-electron chi connectivity index (χ3n) is 5.12. The molecule has 1 amide bonds. The summed E-state index contributed by atoms with van der Waals surface area (Å²) in [6.07, 6.45) is 3.38. The van der Waals surface area contributed by atoms with Crippen molar-refractivity contribution in [3.63, 3.8) is 0 Å². The number of likely N-dealkylation sites (tertiary alicyclic amines) is 1. The highest BCUT2D eigenvalue weighted by Gasteiger charge is 2.25. The molecule has 1 saturated heterocycles. The fourth-order valence-electron chi connectivity index (χ4n) is 3.59. The summed E-state index contributed by atoms with van der Waals surface area (Å²) in [6, 6.07) is 1.97. The van der Waals surface area contributed by atoms with Gasteiger partial charge in [-0.3, -0.25) is 9.48 Å². The van der Waals surface area contributed by atoms with E-state index >= 15 is 0 Å². The minimum atomic E-state index is 0. The van der Waals surface area contributed by atoms with E-state index < -0.39 is 0 Å². The maximum Gasteiger partial charge on any atom is 0.255 e. The number of hydrogen-bond donors (Lipinski definition) is 1. The van der Waals surface area contributed by atoms with Gasteiger partial charge >= 0.3 is 0 Å². The van der Waals surface area contributed by atoms with Crippen LogP contribution in [0.1, 0.15) is 41.0 Å². The number of carbonyl (C=O) groups is 1. The molecule has 146 valence electrons. The number of halogens is 2. The number of carbonyl (C=O) groups excluding carboxylic acids is 1. The molecular weight excluding hydrogens is 373 g/mol. The number of aromatic nitrogens is 3. The molecule has 0 saturated carbocycles. The van der Waals surface area contributed by atoms with Gasteiger partial charge in [-0.2, -0.15) is 5.10 Å². The first kappa shape index (κ1) is 22.7. The Kier molecular flexibility index (Phi) is 8.31. The minimum absolute atomic E-state index is 0. The molecular formula is C18H29Cl2N5O. The Morgan fingerprint density at radius 1 is 1.23 bits per heavy atom. The molecule has 0 bridgehead atoms. The van der Waals surface area contributed by atoms with Crippen molar-refractivity contribution >= 4 is 41.8 Å². The van der Waals surface area contributed by atoms with Crippen LogP contribution >= 0.6 is 24.8 Å². The summed E-state index contributed by atoms with van der Waals surface area (Å²) in [5.74, 6) is 0.834. The number of nitrogens with one attached hydrogen (secondary N) is 1. The summed E-state index contributed by atoms with van der Waals surface area (Å²) < 4.78 is 1.78. The lowest BCUT2D eigenvalue weighted by molar-refractivity contribution is 0.0686. The molecule has 8 heteroatoms. The van der Waals surface area contributed by atoms with E-state index in [2.05, 4.69) is 15.4 Å². The molecule has 2 aromatic rings. The fraction of sp³-hybridized carbons (Fsp3) is 0.611. The number of pyridine rings is 1. The van der Waals surface area contributed by atoms with Gasteiger partial charge in [-0.25, -0.2) is 4.98 Å². The summed E-state index contributed by atoms with van der Waals surface area (Å²) in [4.78, 5) is 19.5. The zero-order valence-corrected chi connectivity index (χ0v) is 17.5. The smallest absolute Gasteiger partial charge is 0.255 e. The van der Waals surface area contributed by atoms with Gasteiger partial charge in [0.25, 0.3) is 5.91 Å². The van der Waals surface area contributed by atoms with Gasteiger partial charge in [-0.15, -0.1) is 24.8 Å². The highest BCUT2D eigenvalue weighted by molar-refractivity contribution is 5.98. The Bertz CT molecular complexity index is 754. The molecule has 26 heavy (non-hydrogen) atoms. The summed E-state index contributed by atoms with van der Waals surface area (Å²) in [7, 11) is 3.88. The average molecular weight is 402 g/mol. The van der Waals surface area contributed by atoms with E-state index in [9.17, 15) is 4.79 Å². The molecule has 0 unspecified atom stereocenters. The Balaban J connectivity index is 0.00000169. The highest BCUT2D eigenvalue weighted by atomic mass is 35.5. The maximum atomic E-state index is 12.9. The van der Waals surface area contributed by atoms with Gasteiger partial charge in [0, 0.05) is 25.5 Å². The highest BCUT2D eigenvalue weighted by Crippen LogP contribution is 2.24. The molecule has 0 atom stereocenters. The number of amides is 1. The Morgan fingerprint density at radius 2 is 1.88 bits per heavy atom. The maximum absolute atomic E-state index is 12.9. The second kappa shape index (κ2) is 9.53. The van der Waals surface area contributed by atoms with Crippen LogP contribution in [0.2, 0.25) is 0 Å². The van der Waals surface area contributed by atoms with Crippen molar-refractivity contribution in [2.24, 2.45) is 13.0 Å². The molecule has 0 spiro atoms. The van der Waals surface area contributed by atoms with E-state index in [4.69, 9.17) is 0 Å². The van der Waals surface area contributed by atoms with Crippen LogP contribution in [0.25, 0.3) is 11.0 Å². The summed E-state index contributed by atoms with van der Waals surface area (Å²) in [5.41, 5.74) is 3.26. The first-order valence-corrected chi connectivity index (χ1v) is 8.76. The number of aryl methyl sites for hydroxylation is 3. The Hall–Kier alpha value is -1.37. The topological polar surface area (TPSA) is 63.1 Å². The molecule has 3 rings (SSSR count). The second-order valence-electron chi connectivity index (χ2n) is 6.83. The van der Waals surface area contributed by atoms with Crippen molar-refractivity contribution in [1.29, 1.82) is 0 Å². The van der Waals surface area contributed by atoms with Gasteiger partial charge in [0.2, 0.25) is 0 Å². The zero-order valence-electron chi connectivity index (χ0n) is 15.9. The van der Waals surface area contributed by atoms with Crippen LogP contribution in [0.15, 0.2) is 6.07 Å². The largest absolute Gasteiger partial charge is 0.339 e. The summed E-state index contributed by atoms with van der Waals surface area (Å²) >= 11 is 0. The van der Waals surface area contributed by atoms with Gasteiger partial charge in [0.1, 0.15) is 0 Å². The standard InChI is InChI=1S/C18H27N5O.2ClH/c1-12-16(11-15-13(2)21-22(4)17(15)20-12)18(24)23-9-6-14(7-10-23)5-8-19-3;;/h11,14,19H,5-10H2,1-4H3;2*1H. The lowest BCUT2D eigenvalue weighted by Gasteiger charge is -2.32. The summed E-state index contributed by atoms with van der Waals surface area (Å²) in [5, 5.41) is 8.58. The van der Waals surface area contributed by atoms with Crippen LogP contribution in [0.5, 0.6) is 0 Å². The fourth-order valence-corrected chi connectivity index (χ4v) is 3.59. The van der Waals surface area contributed by atoms with Crippen LogP contribution in [0, 0.1) is 19.8 Å². The van der Waals surface area contributed by atoms with Gasteiger partial charge < -0.3 is 10.2 Å². The number of piperidine rings is 1. The van der Waals surface area contributed by atoms with Crippen LogP contribution in [-0.2, 0) is 7.05 Å². The van der Waals surface area contributed by atoms with Crippen LogP contribution in [0.3, 0.4) is 0 Å². The quantitative estimate of drug-likeness (QED) is 0.854. The van der Waals surface area contributed by atoms with Crippen molar-refractivity contribution in [3.8, 4) is 0 Å². The molecule has 1 N–H and O–H groups in total. The minimum Gasteiger partial charge on any atom is -0.339 e. The summed E-state index contributed by atoms with van der Waals surface area (Å²) in [6.45, 7) is 6.61. The van der Waals surface area contributed by atoms with E-state index in [0.717, 1.165) is 60.8 Å². The number of rotatable bonds is 4. The van der Waals surface area contributed by atoms with Crippen molar-refractivity contribution in [2.45, 2.75) is 33.1 Å². The average Bonchev–Trinajstić information content (AvgIpc) is 2.85. The molecule has 0 aromatic carbocycles. The first-order valence-electron chi connectivity index (χ1n) is 8.76. The van der Waals surface area contributed by atoms with Crippen molar-refractivity contribution in [1.82, 2.24) is 25.0 Å². The van der Waals surface area contributed by atoms with Crippen LogP contribution in [-0.4, -0.2) is 52.3 Å². The zero-order chi connectivity index (χ0) is 17.3. The van der Waals surface area contributed by atoms with E-state index in [0.29, 0.717) is 5.56 Å². The molecule has 0 aliphatic carbocycles. The molecule has 1 aliphatic rings. The number of nitrogens with zero attached hydrogens (tertiary/aromatic N) is 4. The normalized spacial score (nSPS) is 14.8. The first-order chi connectivity index (χ1) is 11.5. The van der Waals surface area contributed by atoms with Crippen molar-refractivity contribution in [3.05, 3.63) is 23.0 Å². The van der Waals surface area contributed by atoms with E-state index in [-0.39, 0.29) is 30.7 Å². The van der Waals surface area contributed by atoms with Crippen molar-refractivity contribution in [2.75, 3.05) is 26.7 Å². The van der Waals surface area contributed by atoms with E-state index in [1.165, 1.54) is 6.42 Å². The molecule has 2 aromatic heterocycles. The molecule has 1 aliphatic heterocycles. The van der Waals surface area contributed by atoms with Gasteiger partial charge in [-0.1, -0.05) is 0 Å². The number of hydrogen-bond acceptors (Lipinski definition) is 4. The molecule has 0 radical (unpaired) electrons. The number of fused-ring (bicyclic) bond motifs is 1. The van der Waals surface area contributed by atoms with E-state index in [1.807, 2.05) is 38.9 Å². The lowest BCUT2D eigenvalue weighted by Crippen LogP contribution is -2.39. The van der Waals surface area contributed by atoms with Gasteiger partial charge in [0.15, 0.2) is 5.65 Å². The van der Waals surface area contributed by atoms with Gasteiger partial charge in [0.05, 0.1) is 17.0 Å². The Labute approximate surface area is 167 Å². The predicted octanol–water partition coefficient (Wildman–Crippen LogP) is 2.89. The van der Waals surface area contributed by atoms with Gasteiger partial charge in [-0.05, 0) is 58.7 Å². The monoisotopic (exact) mass is 401 g/mol. The lowest BCUT2D eigenvalue weighted by atomic mass is 9.93. The predicted molar refractivity (Wildman–Crippen MR) is 110 cm³/mol. The third-order valence-corrected chi connectivity index (χ3v) is 5.12. The van der Waals surface area contributed by atoms with E-state index in [1.54, 1.807) is 4.68 Å². The Morgan fingerprint density at radius 3 is 2.50 bits per heavy atom.